The number of hydrogen-bond donors (Lipinski definition) is 0. The van der Waals surface area contributed by atoms with Crippen molar-refractivity contribution < 1.29 is 9.13 Å². The Balaban J connectivity index is 1.90. The first-order chi connectivity index (χ1) is 8.33. The van der Waals surface area contributed by atoms with Crippen molar-refractivity contribution in [2.24, 2.45) is 0 Å². The number of anilines is 1. The molecule has 0 fully saturated rings. The van der Waals surface area contributed by atoms with Gasteiger partial charge in [0.15, 0.2) is 6.73 Å². The van der Waals surface area contributed by atoms with Crippen molar-refractivity contribution in [2.45, 2.75) is 6.54 Å². The number of nitrogens with zero attached hydrogens (tertiary/aromatic N) is 2. The molecular formula is C13H11FN2O. The summed E-state index contributed by atoms with van der Waals surface area (Å²) in [5, 5.41) is 0. The second-order valence-electron chi connectivity index (χ2n) is 3.91. The summed E-state index contributed by atoms with van der Waals surface area (Å²) in [6.45, 7) is 1.06. The van der Waals surface area contributed by atoms with Crippen molar-refractivity contribution in [1.29, 1.82) is 0 Å². The van der Waals surface area contributed by atoms with Gasteiger partial charge in [-0.2, -0.15) is 0 Å². The van der Waals surface area contributed by atoms with Crippen LogP contribution < -0.4 is 9.64 Å². The van der Waals surface area contributed by atoms with E-state index in [4.69, 9.17) is 4.74 Å². The quantitative estimate of drug-likeness (QED) is 0.752. The summed E-state index contributed by atoms with van der Waals surface area (Å²) in [5.41, 5.74) is 0.849. The molecule has 0 unspecified atom stereocenters. The predicted molar refractivity (Wildman–Crippen MR) is 62.3 cm³/mol. The van der Waals surface area contributed by atoms with E-state index in [2.05, 4.69) is 4.98 Å². The van der Waals surface area contributed by atoms with Crippen molar-refractivity contribution in [3.05, 3.63) is 54.0 Å². The SMILES string of the molecule is Fc1ccc2c(c1)CN(c1ccccn1)CO2. The predicted octanol–water partition coefficient (Wildman–Crippen LogP) is 2.58. The molecule has 0 amide bonds. The monoisotopic (exact) mass is 230 g/mol. The van der Waals surface area contributed by atoms with E-state index in [1.807, 2.05) is 23.1 Å². The summed E-state index contributed by atoms with van der Waals surface area (Å²) in [7, 11) is 0. The summed E-state index contributed by atoms with van der Waals surface area (Å²) in [5.74, 6) is 1.34. The topological polar surface area (TPSA) is 25.4 Å². The molecule has 0 aliphatic carbocycles. The lowest BCUT2D eigenvalue weighted by molar-refractivity contribution is 0.287. The molecule has 0 saturated carbocycles. The van der Waals surface area contributed by atoms with E-state index >= 15 is 0 Å². The van der Waals surface area contributed by atoms with Gasteiger partial charge in [-0.3, -0.25) is 0 Å². The summed E-state index contributed by atoms with van der Waals surface area (Å²) in [4.78, 5) is 6.21. The van der Waals surface area contributed by atoms with Gasteiger partial charge >= 0.3 is 0 Å². The summed E-state index contributed by atoms with van der Waals surface area (Å²) in [6, 6.07) is 10.3. The summed E-state index contributed by atoms with van der Waals surface area (Å²) in [6.07, 6.45) is 1.73. The first kappa shape index (κ1) is 10.1. The fourth-order valence-corrected chi connectivity index (χ4v) is 1.90. The van der Waals surface area contributed by atoms with Crippen molar-refractivity contribution in [3.8, 4) is 5.75 Å². The lowest BCUT2D eigenvalue weighted by Crippen LogP contribution is -2.32. The van der Waals surface area contributed by atoms with Crippen LogP contribution >= 0.6 is 0 Å². The molecule has 17 heavy (non-hydrogen) atoms. The Morgan fingerprint density at radius 2 is 2.18 bits per heavy atom. The molecular weight excluding hydrogens is 219 g/mol. The second kappa shape index (κ2) is 4.05. The van der Waals surface area contributed by atoms with Crippen LogP contribution in [0.5, 0.6) is 5.75 Å². The van der Waals surface area contributed by atoms with Gasteiger partial charge in [0.2, 0.25) is 0 Å². The molecule has 3 nitrogen and oxygen atoms in total. The normalized spacial score (nSPS) is 14.1. The fourth-order valence-electron chi connectivity index (χ4n) is 1.90. The third-order valence-corrected chi connectivity index (χ3v) is 2.73. The molecule has 4 heteroatoms. The first-order valence-corrected chi connectivity index (χ1v) is 5.40. The van der Waals surface area contributed by atoms with Gasteiger partial charge in [-0.25, -0.2) is 9.37 Å². The number of halogens is 1. The largest absolute Gasteiger partial charge is 0.473 e. The van der Waals surface area contributed by atoms with Crippen LogP contribution in [0.25, 0.3) is 0 Å². The third kappa shape index (κ3) is 1.93. The van der Waals surface area contributed by atoms with Crippen LogP contribution in [0.1, 0.15) is 5.56 Å². The Labute approximate surface area is 98.5 Å². The average molecular weight is 230 g/mol. The molecule has 1 aliphatic rings. The molecule has 1 aromatic heterocycles. The van der Waals surface area contributed by atoms with E-state index in [9.17, 15) is 4.39 Å². The van der Waals surface area contributed by atoms with Gasteiger partial charge in [-0.1, -0.05) is 6.07 Å². The zero-order chi connectivity index (χ0) is 11.7. The van der Waals surface area contributed by atoms with E-state index in [0.717, 1.165) is 17.1 Å². The van der Waals surface area contributed by atoms with Crippen molar-refractivity contribution >= 4 is 5.82 Å². The van der Waals surface area contributed by atoms with Gasteiger partial charge < -0.3 is 9.64 Å². The number of rotatable bonds is 1. The number of fused-ring (bicyclic) bond motifs is 1. The van der Waals surface area contributed by atoms with Crippen LogP contribution in [-0.4, -0.2) is 11.7 Å². The van der Waals surface area contributed by atoms with Crippen LogP contribution in [-0.2, 0) is 6.54 Å². The van der Waals surface area contributed by atoms with E-state index in [1.54, 1.807) is 12.3 Å². The molecule has 0 radical (unpaired) electrons. The van der Waals surface area contributed by atoms with E-state index in [0.29, 0.717) is 13.3 Å². The van der Waals surface area contributed by atoms with Crippen LogP contribution in [0.15, 0.2) is 42.6 Å². The van der Waals surface area contributed by atoms with E-state index in [-0.39, 0.29) is 5.82 Å². The molecule has 0 spiro atoms. The lowest BCUT2D eigenvalue weighted by Gasteiger charge is -2.29. The molecule has 1 aromatic carbocycles. The highest BCUT2D eigenvalue weighted by molar-refractivity contribution is 5.44. The molecule has 0 bridgehead atoms. The Morgan fingerprint density at radius 3 is 3.00 bits per heavy atom. The average Bonchev–Trinajstić information content (AvgIpc) is 2.39. The highest BCUT2D eigenvalue weighted by atomic mass is 19.1. The number of aromatic nitrogens is 1. The zero-order valence-electron chi connectivity index (χ0n) is 9.14. The second-order valence-corrected chi connectivity index (χ2v) is 3.91. The number of ether oxygens (including phenoxy) is 1. The standard InChI is InChI=1S/C13H11FN2O/c14-11-4-5-12-10(7-11)8-16(9-17-12)13-3-1-2-6-15-13/h1-7H,8-9H2. The summed E-state index contributed by atoms with van der Waals surface area (Å²) < 4.78 is 18.7. The Hall–Kier alpha value is -2.10. The molecule has 3 rings (SSSR count). The van der Waals surface area contributed by atoms with Crippen LogP contribution in [0.2, 0.25) is 0 Å². The minimum absolute atomic E-state index is 0.241. The smallest absolute Gasteiger partial charge is 0.162 e. The van der Waals surface area contributed by atoms with E-state index < -0.39 is 0 Å². The zero-order valence-corrected chi connectivity index (χ0v) is 9.14. The van der Waals surface area contributed by atoms with Crippen LogP contribution in [0, 0.1) is 5.82 Å². The van der Waals surface area contributed by atoms with Crippen molar-refractivity contribution in [1.82, 2.24) is 4.98 Å². The molecule has 2 heterocycles. The number of benzene rings is 1. The molecule has 1 aliphatic heterocycles. The Morgan fingerprint density at radius 1 is 1.24 bits per heavy atom. The van der Waals surface area contributed by atoms with Crippen molar-refractivity contribution in [3.63, 3.8) is 0 Å². The lowest BCUT2D eigenvalue weighted by atomic mass is 10.1. The number of hydrogen-bond acceptors (Lipinski definition) is 3. The van der Waals surface area contributed by atoms with Gasteiger partial charge in [0.05, 0.1) is 6.54 Å². The van der Waals surface area contributed by atoms with Gasteiger partial charge in [-0.15, -0.1) is 0 Å². The maximum atomic E-state index is 13.1. The highest BCUT2D eigenvalue weighted by Gasteiger charge is 2.18. The molecule has 0 N–H and O–H groups in total. The van der Waals surface area contributed by atoms with Gasteiger partial charge in [0.25, 0.3) is 0 Å². The maximum absolute atomic E-state index is 13.1. The number of pyridine rings is 1. The molecule has 0 saturated heterocycles. The molecule has 2 aromatic rings. The first-order valence-electron chi connectivity index (χ1n) is 5.40. The summed E-state index contributed by atoms with van der Waals surface area (Å²) >= 11 is 0. The van der Waals surface area contributed by atoms with Crippen molar-refractivity contribution in [2.75, 3.05) is 11.6 Å². The minimum Gasteiger partial charge on any atom is -0.473 e. The minimum atomic E-state index is -0.241. The van der Waals surface area contributed by atoms with Crippen LogP contribution in [0.4, 0.5) is 10.2 Å². The Kier molecular flexibility index (Phi) is 2.40. The Bertz CT molecular complexity index is 530. The maximum Gasteiger partial charge on any atom is 0.162 e. The highest BCUT2D eigenvalue weighted by Crippen LogP contribution is 2.27. The third-order valence-electron chi connectivity index (χ3n) is 2.73. The van der Waals surface area contributed by atoms with Gasteiger partial charge in [0, 0.05) is 11.8 Å². The van der Waals surface area contributed by atoms with Gasteiger partial charge in [0.1, 0.15) is 17.4 Å². The molecule has 86 valence electrons. The van der Waals surface area contributed by atoms with Crippen LogP contribution in [0.3, 0.4) is 0 Å². The molecule has 0 atom stereocenters. The van der Waals surface area contributed by atoms with E-state index in [1.165, 1.54) is 12.1 Å². The fraction of sp³-hybridized carbons (Fsp3) is 0.154. The van der Waals surface area contributed by atoms with Gasteiger partial charge in [-0.05, 0) is 30.3 Å².